The van der Waals surface area contributed by atoms with Gasteiger partial charge < -0.3 is 5.32 Å². The largest absolute Gasteiger partial charge is 0.307 e. The van der Waals surface area contributed by atoms with Crippen LogP contribution in [0.15, 0.2) is 89.8 Å². The van der Waals surface area contributed by atoms with Crippen molar-refractivity contribution in [2.75, 3.05) is 0 Å². The summed E-state index contributed by atoms with van der Waals surface area (Å²) in [5.41, 5.74) is 2.97. The van der Waals surface area contributed by atoms with Gasteiger partial charge in [0.05, 0.1) is 4.91 Å². The van der Waals surface area contributed by atoms with Crippen LogP contribution in [0.5, 0.6) is 0 Å². The minimum absolute atomic E-state index is 0.0182. The van der Waals surface area contributed by atoms with E-state index in [1.807, 2.05) is 30.3 Å². The summed E-state index contributed by atoms with van der Waals surface area (Å²) in [4.78, 5) is 26.0. The Morgan fingerprint density at radius 1 is 0.848 bits per heavy atom. The number of amides is 1. The normalized spacial score (nSPS) is 15.4. The third kappa shape index (κ3) is 5.50. The molecule has 0 bridgehead atoms. The average molecular weight is 478 g/mol. The van der Waals surface area contributed by atoms with Gasteiger partial charge >= 0.3 is 0 Å². The van der Waals surface area contributed by atoms with Crippen LogP contribution in [0.25, 0.3) is 11.1 Å². The Morgan fingerprint density at radius 2 is 1.42 bits per heavy atom. The SMILES string of the molecule is O=C1NC(=S)SC1=C(C=C(CC(=O)c1ccc(F)cc1)c1ccccc1)c1ccc(F)cc1. The van der Waals surface area contributed by atoms with Crippen molar-refractivity contribution in [3.63, 3.8) is 0 Å². The van der Waals surface area contributed by atoms with E-state index in [4.69, 9.17) is 12.2 Å². The van der Waals surface area contributed by atoms with Crippen molar-refractivity contribution >= 4 is 51.1 Å². The fourth-order valence-corrected chi connectivity index (χ4v) is 4.48. The molecule has 164 valence electrons. The molecule has 0 aromatic heterocycles. The van der Waals surface area contributed by atoms with E-state index in [1.54, 1.807) is 18.2 Å². The lowest BCUT2D eigenvalue weighted by molar-refractivity contribution is -0.115. The van der Waals surface area contributed by atoms with Crippen molar-refractivity contribution in [3.05, 3.63) is 118 Å². The second-order valence-electron chi connectivity index (χ2n) is 7.24. The zero-order chi connectivity index (χ0) is 23.4. The van der Waals surface area contributed by atoms with Crippen molar-refractivity contribution in [1.29, 1.82) is 0 Å². The van der Waals surface area contributed by atoms with Gasteiger partial charge in [0, 0.05) is 17.6 Å². The van der Waals surface area contributed by atoms with Crippen molar-refractivity contribution < 1.29 is 18.4 Å². The highest BCUT2D eigenvalue weighted by Crippen LogP contribution is 2.35. The number of hydrogen-bond donors (Lipinski definition) is 1. The average Bonchev–Trinajstić information content (AvgIpc) is 3.15. The van der Waals surface area contributed by atoms with Gasteiger partial charge in [-0.15, -0.1) is 0 Å². The third-order valence-electron chi connectivity index (χ3n) is 5.00. The van der Waals surface area contributed by atoms with Gasteiger partial charge in [-0.3, -0.25) is 9.59 Å². The number of rotatable bonds is 6. The maximum atomic E-state index is 13.6. The van der Waals surface area contributed by atoms with Gasteiger partial charge in [-0.05, 0) is 59.2 Å². The zero-order valence-electron chi connectivity index (χ0n) is 17.2. The first kappa shape index (κ1) is 22.8. The Morgan fingerprint density at radius 3 is 1.97 bits per heavy atom. The first-order valence-corrected chi connectivity index (χ1v) is 11.2. The summed E-state index contributed by atoms with van der Waals surface area (Å²) in [6.07, 6.45) is 1.78. The van der Waals surface area contributed by atoms with Crippen molar-refractivity contribution in [2.45, 2.75) is 6.42 Å². The smallest absolute Gasteiger partial charge is 0.264 e. The Bertz CT molecular complexity index is 1280. The van der Waals surface area contributed by atoms with E-state index >= 15 is 0 Å². The number of carbonyl (C=O) groups is 2. The Kier molecular flexibility index (Phi) is 6.91. The molecule has 0 spiro atoms. The van der Waals surface area contributed by atoms with E-state index in [-0.39, 0.29) is 18.1 Å². The molecule has 1 saturated heterocycles. The second-order valence-corrected chi connectivity index (χ2v) is 8.92. The summed E-state index contributed by atoms with van der Waals surface area (Å²) < 4.78 is 27.2. The maximum absolute atomic E-state index is 13.6. The minimum atomic E-state index is -0.422. The number of thioether (sulfide) groups is 1. The van der Waals surface area contributed by atoms with Crippen LogP contribution in [0.1, 0.15) is 27.9 Å². The molecule has 0 unspecified atom stereocenters. The Labute approximate surface area is 199 Å². The summed E-state index contributed by atoms with van der Waals surface area (Å²) in [6, 6.07) is 20.4. The fourth-order valence-electron chi connectivity index (χ4n) is 3.37. The third-order valence-corrected chi connectivity index (χ3v) is 6.25. The van der Waals surface area contributed by atoms with Crippen LogP contribution in [-0.2, 0) is 4.79 Å². The van der Waals surface area contributed by atoms with E-state index in [0.717, 1.165) is 17.3 Å². The molecule has 0 radical (unpaired) electrons. The monoisotopic (exact) mass is 477 g/mol. The second kappa shape index (κ2) is 10.0. The molecule has 1 aliphatic heterocycles. The first-order chi connectivity index (χ1) is 15.9. The van der Waals surface area contributed by atoms with Gasteiger partial charge in [0.2, 0.25) is 0 Å². The van der Waals surface area contributed by atoms with Crippen LogP contribution in [0.4, 0.5) is 8.78 Å². The molecule has 0 atom stereocenters. The molecule has 4 rings (SSSR count). The van der Waals surface area contributed by atoms with Crippen molar-refractivity contribution in [3.8, 4) is 0 Å². The molecule has 1 N–H and O–H groups in total. The van der Waals surface area contributed by atoms with E-state index in [2.05, 4.69) is 5.32 Å². The molecule has 7 heteroatoms. The predicted octanol–water partition coefficient (Wildman–Crippen LogP) is 6.18. The number of benzene rings is 3. The summed E-state index contributed by atoms with van der Waals surface area (Å²) in [5.74, 6) is -1.37. The van der Waals surface area contributed by atoms with Crippen LogP contribution in [0.2, 0.25) is 0 Å². The number of nitrogens with one attached hydrogen (secondary N) is 1. The van der Waals surface area contributed by atoms with E-state index < -0.39 is 11.6 Å². The lowest BCUT2D eigenvalue weighted by Crippen LogP contribution is -2.18. The van der Waals surface area contributed by atoms with Crippen LogP contribution in [0, 0.1) is 11.6 Å². The highest BCUT2D eigenvalue weighted by molar-refractivity contribution is 8.26. The number of ketones is 1. The van der Waals surface area contributed by atoms with Crippen LogP contribution >= 0.6 is 24.0 Å². The Balaban J connectivity index is 1.83. The molecule has 3 nitrogen and oxygen atoms in total. The lowest BCUT2D eigenvalue weighted by atomic mass is 9.93. The highest BCUT2D eigenvalue weighted by Gasteiger charge is 2.26. The summed E-state index contributed by atoms with van der Waals surface area (Å²) >= 11 is 6.27. The zero-order valence-corrected chi connectivity index (χ0v) is 18.8. The number of halogens is 2. The summed E-state index contributed by atoms with van der Waals surface area (Å²) in [7, 11) is 0. The molecule has 0 aliphatic carbocycles. The molecule has 3 aromatic carbocycles. The molecule has 0 saturated carbocycles. The van der Waals surface area contributed by atoms with Gasteiger partial charge in [-0.25, -0.2) is 8.78 Å². The number of thiocarbonyl (C=S) groups is 1. The van der Waals surface area contributed by atoms with Gasteiger partial charge in [-0.1, -0.05) is 66.4 Å². The van der Waals surface area contributed by atoms with Gasteiger partial charge in [0.25, 0.3) is 5.91 Å². The highest BCUT2D eigenvalue weighted by atomic mass is 32.2. The van der Waals surface area contributed by atoms with E-state index in [9.17, 15) is 18.4 Å². The number of Topliss-reactive ketones (excluding diaryl/α,β-unsaturated/α-hetero) is 1. The van der Waals surface area contributed by atoms with Gasteiger partial charge in [-0.2, -0.15) is 0 Å². The number of carbonyl (C=O) groups excluding carboxylic acids is 2. The predicted molar refractivity (Wildman–Crippen MR) is 131 cm³/mol. The first-order valence-electron chi connectivity index (χ1n) is 9.99. The number of allylic oxidation sites excluding steroid dienone is 3. The molecule has 1 fully saturated rings. The van der Waals surface area contributed by atoms with Gasteiger partial charge in [0.1, 0.15) is 16.0 Å². The molecule has 1 aliphatic rings. The van der Waals surface area contributed by atoms with E-state index in [1.165, 1.54) is 36.4 Å². The summed E-state index contributed by atoms with van der Waals surface area (Å²) in [5, 5.41) is 2.61. The van der Waals surface area contributed by atoms with Crippen LogP contribution in [-0.4, -0.2) is 16.0 Å². The molecule has 1 amide bonds. The topological polar surface area (TPSA) is 46.2 Å². The van der Waals surface area contributed by atoms with Crippen molar-refractivity contribution in [1.82, 2.24) is 5.32 Å². The maximum Gasteiger partial charge on any atom is 0.264 e. The summed E-state index contributed by atoms with van der Waals surface area (Å²) in [6.45, 7) is 0. The quantitative estimate of drug-likeness (QED) is 0.262. The molecule has 33 heavy (non-hydrogen) atoms. The van der Waals surface area contributed by atoms with Crippen LogP contribution in [0.3, 0.4) is 0 Å². The minimum Gasteiger partial charge on any atom is -0.307 e. The van der Waals surface area contributed by atoms with Crippen molar-refractivity contribution in [2.24, 2.45) is 0 Å². The van der Waals surface area contributed by atoms with Crippen LogP contribution < -0.4 is 5.32 Å². The fraction of sp³-hybridized carbons (Fsp3) is 0.0385. The van der Waals surface area contributed by atoms with Gasteiger partial charge in [0.15, 0.2) is 5.78 Å². The number of hydrogen-bond acceptors (Lipinski definition) is 4. The molecular formula is C26H17F2NO2S2. The standard InChI is InChI=1S/C26H17F2NO2S2/c27-20-10-6-17(7-11-20)22(24-25(31)29-26(32)33-24)14-19(16-4-2-1-3-5-16)15-23(30)18-8-12-21(28)13-9-18/h1-14H,15H2,(H,29,31,32). The Hall–Kier alpha value is -3.42. The lowest BCUT2D eigenvalue weighted by Gasteiger charge is -2.12. The molecule has 3 aromatic rings. The molecular weight excluding hydrogens is 460 g/mol. The van der Waals surface area contributed by atoms with E-state index in [0.29, 0.717) is 31.5 Å². The molecule has 1 heterocycles.